The van der Waals surface area contributed by atoms with E-state index in [4.69, 9.17) is 9.97 Å². The third kappa shape index (κ3) is 4.46. The summed E-state index contributed by atoms with van der Waals surface area (Å²) in [7, 11) is 0. The SMILES string of the molecule is CCC1=Cc2cc3nc(cc4c(CC)c(CC)c(c(CC)c5[nH]c(c(CC)c1n2)c(CC)c5CC)n4CC)C=C3. The lowest BCUT2D eigenvalue weighted by Crippen LogP contribution is -1.99. The molecule has 210 valence electrons. The zero-order valence-corrected chi connectivity index (χ0v) is 25.9. The van der Waals surface area contributed by atoms with Crippen molar-refractivity contribution in [3.63, 3.8) is 0 Å². The van der Waals surface area contributed by atoms with Crippen molar-refractivity contribution in [2.75, 3.05) is 0 Å². The second-order valence-electron chi connectivity index (χ2n) is 10.8. The fourth-order valence-corrected chi connectivity index (χ4v) is 7.09. The van der Waals surface area contributed by atoms with Crippen LogP contribution >= 0.6 is 0 Å². The summed E-state index contributed by atoms with van der Waals surface area (Å²) in [6.07, 6.45) is 13.5. The van der Waals surface area contributed by atoms with Crippen LogP contribution in [0.25, 0.3) is 45.9 Å². The first kappa shape index (κ1) is 28.1. The molecule has 1 N–H and O–H groups in total. The summed E-state index contributed by atoms with van der Waals surface area (Å²) in [5.41, 5.74) is 19.4. The Bertz CT molecular complexity index is 1670. The second kappa shape index (κ2) is 11.6. The maximum Gasteiger partial charge on any atom is 0.0722 e. The molecule has 5 rings (SSSR count). The molecule has 0 unspecified atom stereocenters. The van der Waals surface area contributed by atoms with Gasteiger partial charge in [0.1, 0.15) is 0 Å². The van der Waals surface area contributed by atoms with Crippen molar-refractivity contribution in [2.45, 2.75) is 107 Å². The fraction of sp³-hybridized carbons (Fsp3) is 0.444. The van der Waals surface area contributed by atoms with Crippen LogP contribution in [0.1, 0.15) is 118 Å². The molecule has 0 atom stereocenters. The van der Waals surface area contributed by atoms with Crippen molar-refractivity contribution in [3.8, 4) is 0 Å². The average Bonchev–Trinajstić information content (AvgIpc) is 3.73. The van der Waals surface area contributed by atoms with Gasteiger partial charge in [0.2, 0.25) is 0 Å². The van der Waals surface area contributed by atoms with Crippen LogP contribution in [0.5, 0.6) is 0 Å². The van der Waals surface area contributed by atoms with Crippen LogP contribution < -0.4 is 0 Å². The highest BCUT2D eigenvalue weighted by molar-refractivity contribution is 5.90. The predicted octanol–water partition coefficient (Wildman–Crippen LogP) is 9.30. The van der Waals surface area contributed by atoms with Gasteiger partial charge in [-0.05, 0) is 116 Å². The molecule has 0 spiro atoms. The molecule has 40 heavy (non-hydrogen) atoms. The van der Waals surface area contributed by atoms with Gasteiger partial charge >= 0.3 is 0 Å². The fourth-order valence-electron chi connectivity index (χ4n) is 7.09. The lowest BCUT2D eigenvalue weighted by Gasteiger charge is -2.09. The first-order valence-electron chi connectivity index (χ1n) is 15.7. The Morgan fingerprint density at radius 1 is 0.575 bits per heavy atom. The normalized spacial score (nSPS) is 12.8. The number of fused-ring (bicyclic) bond motifs is 8. The van der Waals surface area contributed by atoms with Crippen LogP contribution in [0.15, 0.2) is 12.1 Å². The molecule has 3 aromatic heterocycles. The molecule has 2 aliphatic rings. The van der Waals surface area contributed by atoms with Crippen LogP contribution in [-0.2, 0) is 45.1 Å². The van der Waals surface area contributed by atoms with Gasteiger partial charge in [0, 0.05) is 34.2 Å². The van der Waals surface area contributed by atoms with Gasteiger partial charge in [0.05, 0.1) is 22.8 Å². The second-order valence-corrected chi connectivity index (χ2v) is 10.8. The van der Waals surface area contributed by atoms with Gasteiger partial charge in [-0.2, -0.15) is 0 Å². The molecule has 0 aromatic carbocycles. The van der Waals surface area contributed by atoms with Gasteiger partial charge in [-0.1, -0.05) is 48.5 Å². The van der Waals surface area contributed by atoms with E-state index in [-0.39, 0.29) is 0 Å². The first-order valence-corrected chi connectivity index (χ1v) is 15.7. The van der Waals surface area contributed by atoms with Gasteiger partial charge in [-0.3, -0.25) is 0 Å². The van der Waals surface area contributed by atoms with E-state index < -0.39 is 0 Å². The highest BCUT2D eigenvalue weighted by atomic mass is 15.0. The number of rotatable bonds is 8. The molecule has 0 saturated heterocycles. The van der Waals surface area contributed by atoms with E-state index in [0.29, 0.717) is 0 Å². The van der Waals surface area contributed by atoms with Crippen molar-refractivity contribution < 1.29 is 0 Å². The van der Waals surface area contributed by atoms with Gasteiger partial charge < -0.3 is 9.55 Å². The third-order valence-electron chi connectivity index (χ3n) is 8.86. The molecular weight excluding hydrogens is 488 g/mol. The number of H-pyrrole nitrogens is 1. The summed E-state index contributed by atoms with van der Waals surface area (Å²) in [5, 5.41) is 0. The van der Waals surface area contributed by atoms with E-state index in [1.165, 1.54) is 61.0 Å². The number of nitrogens with zero attached hydrogens (tertiary/aromatic N) is 3. The maximum absolute atomic E-state index is 5.22. The number of hydrogen-bond donors (Lipinski definition) is 1. The van der Waals surface area contributed by atoms with Gasteiger partial charge in [-0.25, -0.2) is 9.97 Å². The minimum Gasteiger partial charge on any atom is -0.354 e. The monoisotopic (exact) mass is 534 g/mol. The molecule has 3 aromatic rings. The van der Waals surface area contributed by atoms with Gasteiger partial charge in [0.25, 0.3) is 0 Å². The number of aryl methyl sites for hydroxylation is 7. The smallest absolute Gasteiger partial charge is 0.0722 e. The van der Waals surface area contributed by atoms with Crippen molar-refractivity contribution in [1.82, 2.24) is 19.5 Å². The molecule has 4 nitrogen and oxygen atoms in total. The van der Waals surface area contributed by atoms with E-state index in [9.17, 15) is 0 Å². The first-order chi connectivity index (χ1) is 19.5. The Kier molecular flexibility index (Phi) is 8.16. The van der Waals surface area contributed by atoms with Crippen molar-refractivity contribution >= 4 is 45.9 Å². The van der Waals surface area contributed by atoms with Crippen LogP contribution in [0.2, 0.25) is 0 Å². The predicted molar refractivity (Wildman–Crippen MR) is 174 cm³/mol. The maximum atomic E-state index is 5.22. The largest absolute Gasteiger partial charge is 0.354 e. The molecular formula is C36H46N4. The van der Waals surface area contributed by atoms with Crippen molar-refractivity contribution in [3.05, 3.63) is 68.3 Å². The molecule has 4 heteroatoms. The molecule has 0 aliphatic carbocycles. The number of hydrogen-bond acceptors (Lipinski definition) is 2. The summed E-state index contributed by atoms with van der Waals surface area (Å²) in [6.45, 7) is 19.3. The Morgan fingerprint density at radius 2 is 1.15 bits per heavy atom. The van der Waals surface area contributed by atoms with E-state index in [1.54, 1.807) is 0 Å². The summed E-state index contributed by atoms with van der Waals surface area (Å²) in [5.74, 6) is 0. The molecule has 5 heterocycles. The summed E-state index contributed by atoms with van der Waals surface area (Å²) < 4.78 is 2.57. The Balaban J connectivity index is 2.14. The van der Waals surface area contributed by atoms with Crippen molar-refractivity contribution in [1.29, 1.82) is 0 Å². The van der Waals surface area contributed by atoms with Crippen LogP contribution in [-0.4, -0.2) is 19.5 Å². The molecule has 8 bridgehead atoms. The van der Waals surface area contributed by atoms with E-state index in [2.05, 4.69) is 95.3 Å². The van der Waals surface area contributed by atoms with Gasteiger partial charge in [-0.15, -0.1) is 0 Å². The standard InChI is InChI=1S/C36H46N4/c1-9-22-19-25-20-23-17-18-24(37-23)21-32-26(10-2)29(13-5)36(40(32)16-8)31(15-7)35-28(12-4)27(11-3)34(39-35)30(14-6)33(22)38-25/h17-21,39H,9-16H2,1-8H3. The third-order valence-corrected chi connectivity index (χ3v) is 8.86. The number of allylic oxidation sites excluding steroid dienone is 1. The minimum atomic E-state index is 0.928. The van der Waals surface area contributed by atoms with Crippen molar-refractivity contribution in [2.24, 2.45) is 0 Å². The Hall–Kier alpha value is -3.40. The molecule has 0 fully saturated rings. The highest BCUT2D eigenvalue weighted by Gasteiger charge is 2.22. The number of aromatic amines is 1. The van der Waals surface area contributed by atoms with E-state index in [1.807, 2.05) is 0 Å². The molecule has 0 radical (unpaired) electrons. The number of aromatic nitrogens is 4. The highest BCUT2D eigenvalue weighted by Crippen LogP contribution is 2.36. The average molecular weight is 535 g/mol. The van der Waals surface area contributed by atoms with Crippen LogP contribution in [0.4, 0.5) is 0 Å². The van der Waals surface area contributed by atoms with Gasteiger partial charge in [0.15, 0.2) is 0 Å². The quantitative estimate of drug-likeness (QED) is 0.245. The lowest BCUT2D eigenvalue weighted by molar-refractivity contribution is 0.816. The lowest BCUT2D eigenvalue weighted by atomic mass is 9.97. The molecule has 0 saturated carbocycles. The zero-order chi connectivity index (χ0) is 28.6. The van der Waals surface area contributed by atoms with E-state index >= 15 is 0 Å². The van der Waals surface area contributed by atoms with Crippen LogP contribution in [0, 0.1) is 0 Å². The topological polar surface area (TPSA) is 46.5 Å². The van der Waals surface area contributed by atoms with E-state index in [0.717, 1.165) is 74.3 Å². The Labute approximate surface area is 240 Å². The zero-order valence-electron chi connectivity index (χ0n) is 25.9. The molecule has 2 aliphatic heterocycles. The molecule has 0 amide bonds. The Morgan fingerprint density at radius 3 is 1.70 bits per heavy atom. The number of nitrogens with one attached hydrogen (secondary N) is 1. The summed E-state index contributed by atoms with van der Waals surface area (Å²) >= 11 is 0. The summed E-state index contributed by atoms with van der Waals surface area (Å²) in [4.78, 5) is 14.3. The van der Waals surface area contributed by atoms with Crippen LogP contribution in [0.3, 0.4) is 0 Å². The minimum absolute atomic E-state index is 0.928. The summed E-state index contributed by atoms with van der Waals surface area (Å²) in [6, 6.07) is 4.45.